The van der Waals surface area contributed by atoms with Crippen LogP contribution in [-0.4, -0.2) is 28.0 Å². The van der Waals surface area contributed by atoms with E-state index in [1.54, 1.807) is 0 Å². The van der Waals surface area contributed by atoms with Crippen LogP contribution in [0, 0.1) is 0 Å². The molecule has 0 aliphatic rings. The van der Waals surface area contributed by atoms with Gasteiger partial charge >= 0.3 is 0 Å². The van der Waals surface area contributed by atoms with Gasteiger partial charge in [0, 0.05) is 12.1 Å². The summed E-state index contributed by atoms with van der Waals surface area (Å²) in [7, 11) is 0. The minimum atomic E-state index is -0.129. The van der Waals surface area contributed by atoms with Crippen molar-refractivity contribution >= 4 is 16.7 Å². The maximum absolute atomic E-state index is 13.0. The molecule has 0 aliphatic heterocycles. The average Bonchev–Trinajstić information content (AvgIpc) is 2.45. The van der Waals surface area contributed by atoms with Gasteiger partial charge < -0.3 is 10.0 Å². The Bertz CT molecular complexity index is 639. The lowest BCUT2D eigenvalue weighted by Crippen LogP contribution is -2.42. The molecule has 0 spiro atoms. The van der Waals surface area contributed by atoms with E-state index in [1.807, 2.05) is 69.0 Å². The standard InChI is InChI=1S/C18H23NO2/c1-12(2)19(13(3)4)18(21)17-15(11-20)10-9-14-7-5-6-8-16(14)17/h5-10,12-13,20H,11H2,1-4H3. The van der Waals surface area contributed by atoms with Gasteiger partial charge in [-0.3, -0.25) is 4.79 Å². The van der Waals surface area contributed by atoms with Gasteiger partial charge in [-0.25, -0.2) is 0 Å². The van der Waals surface area contributed by atoms with Crippen molar-refractivity contribution in [3.05, 3.63) is 47.5 Å². The van der Waals surface area contributed by atoms with E-state index in [-0.39, 0.29) is 24.6 Å². The Labute approximate surface area is 126 Å². The molecule has 0 fully saturated rings. The van der Waals surface area contributed by atoms with Crippen LogP contribution in [-0.2, 0) is 6.61 Å². The molecule has 1 N–H and O–H groups in total. The second-order valence-electron chi connectivity index (χ2n) is 5.88. The Kier molecular flexibility index (Phi) is 4.63. The van der Waals surface area contributed by atoms with E-state index in [0.29, 0.717) is 11.1 Å². The molecular weight excluding hydrogens is 262 g/mol. The first-order valence-electron chi connectivity index (χ1n) is 7.41. The summed E-state index contributed by atoms with van der Waals surface area (Å²) >= 11 is 0. The lowest BCUT2D eigenvalue weighted by Gasteiger charge is -2.32. The van der Waals surface area contributed by atoms with E-state index in [4.69, 9.17) is 0 Å². The predicted molar refractivity (Wildman–Crippen MR) is 86.3 cm³/mol. The van der Waals surface area contributed by atoms with Crippen molar-refractivity contribution in [2.45, 2.75) is 46.4 Å². The normalized spacial score (nSPS) is 11.4. The number of aliphatic hydroxyl groups excluding tert-OH is 1. The van der Waals surface area contributed by atoms with E-state index in [9.17, 15) is 9.90 Å². The van der Waals surface area contributed by atoms with Gasteiger partial charge in [-0.05, 0) is 44.0 Å². The molecule has 0 unspecified atom stereocenters. The molecule has 0 aliphatic carbocycles. The first-order valence-corrected chi connectivity index (χ1v) is 7.41. The number of amides is 1. The minimum absolute atomic E-state index is 0.0131. The third-order valence-electron chi connectivity index (χ3n) is 3.75. The number of nitrogens with zero attached hydrogens (tertiary/aromatic N) is 1. The molecule has 0 saturated carbocycles. The Balaban J connectivity index is 2.66. The highest BCUT2D eigenvalue weighted by Crippen LogP contribution is 2.25. The molecule has 0 heterocycles. The third kappa shape index (κ3) is 2.93. The van der Waals surface area contributed by atoms with Crippen molar-refractivity contribution in [3.63, 3.8) is 0 Å². The van der Waals surface area contributed by atoms with Gasteiger partial charge in [-0.1, -0.05) is 36.4 Å². The molecule has 2 rings (SSSR count). The lowest BCUT2D eigenvalue weighted by atomic mass is 9.97. The molecule has 0 saturated heterocycles. The van der Waals surface area contributed by atoms with Crippen molar-refractivity contribution < 1.29 is 9.90 Å². The summed E-state index contributed by atoms with van der Waals surface area (Å²) in [4.78, 5) is 14.9. The highest BCUT2D eigenvalue weighted by atomic mass is 16.3. The van der Waals surface area contributed by atoms with E-state index in [2.05, 4.69) is 0 Å². The van der Waals surface area contributed by atoms with E-state index in [0.717, 1.165) is 10.8 Å². The molecule has 3 nitrogen and oxygen atoms in total. The molecule has 112 valence electrons. The first kappa shape index (κ1) is 15.5. The number of hydrogen-bond acceptors (Lipinski definition) is 2. The highest BCUT2D eigenvalue weighted by Gasteiger charge is 2.25. The third-order valence-corrected chi connectivity index (χ3v) is 3.75. The fraction of sp³-hybridized carbons (Fsp3) is 0.389. The summed E-state index contributed by atoms with van der Waals surface area (Å²) < 4.78 is 0. The van der Waals surface area contributed by atoms with Crippen LogP contribution in [0.3, 0.4) is 0 Å². The van der Waals surface area contributed by atoms with E-state index < -0.39 is 0 Å². The van der Waals surface area contributed by atoms with Gasteiger partial charge in [0.15, 0.2) is 0 Å². The molecule has 0 atom stereocenters. The van der Waals surface area contributed by atoms with E-state index in [1.165, 1.54) is 0 Å². The largest absolute Gasteiger partial charge is 0.392 e. The van der Waals surface area contributed by atoms with Crippen LogP contribution in [0.5, 0.6) is 0 Å². The van der Waals surface area contributed by atoms with Gasteiger partial charge in [-0.15, -0.1) is 0 Å². The molecule has 21 heavy (non-hydrogen) atoms. The fourth-order valence-corrected chi connectivity index (χ4v) is 2.90. The molecule has 0 aromatic heterocycles. The van der Waals surface area contributed by atoms with Gasteiger partial charge in [0.1, 0.15) is 0 Å². The zero-order valence-electron chi connectivity index (χ0n) is 13.1. The molecule has 2 aromatic carbocycles. The van der Waals surface area contributed by atoms with E-state index >= 15 is 0 Å². The van der Waals surface area contributed by atoms with Crippen molar-refractivity contribution in [1.29, 1.82) is 0 Å². The number of hydrogen-bond donors (Lipinski definition) is 1. The number of benzene rings is 2. The van der Waals surface area contributed by atoms with Gasteiger partial charge in [0.25, 0.3) is 5.91 Å². The summed E-state index contributed by atoms with van der Waals surface area (Å²) in [5.41, 5.74) is 1.31. The quantitative estimate of drug-likeness (QED) is 0.932. The van der Waals surface area contributed by atoms with Crippen LogP contribution in [0.15, 0.2) is 36.4 Å². The second-order valence-corrected chi connectivity index (χ2v) is 5.88. The maximum atomic E-state index is 13.0. The summed E-state index contributed by atoms with van der Waals surface area (Å²) in [6, 6.07) is 11.8. The zero-order valence-corrected chi connectivity index (χ0v) is 13.1. The Morgan fingerprint density at radius 1 is 1.05 bits per heavy atom. The maximum Gasteiger partial charge on any atom is 0.255 e. The Hall–Kier alpha value is -1.87. The summed E-state index contributed by atoms with van der Waals surface area (Å²) in [5, 5.41) is 11.5. The van der Waals surface area contributed by atoms with Crippen molar-refractivity contribution in [1.82, 2.24) is 4.90 Å². The number of aliphatic hydroxyl groups is 1. The van der Waals surface area contributed by atoms with Crippen LogP contribution in [0.25, 0.3) is 10.8 Å². The SMILES string of the molecule is CC(C)N(C(=O)c1c(CO)ccc2ccccc12)C(C)C. The predicted octanol–water partition coefficient (Wildman–Crippen LogP) is 3.59. The van der Waals surface area contributed by atoms with Crippen LogP contribution in [0.2, 0.25) is 0 Å². The number of rotatable bonds is 4. The summed E-state index contributed by atoms with van der Waals surface area (Å²) in [6.07, 6.45) is 0. The molecule has 0 bridgehead atoms. The van der Waals surface area contributed by atoms with Crippen molar-refractivity contribution in [2.24, 2.45) is 0 Å². The molecule has 1 amide bonds. The van der Waals surface area contributed by atoms with Crippen molar-refractivity contribution in [2.75, 3.05) is 0 Å². The van der Waals surface area contributed by atoms with Crippen LogP contribution in [0.4, 0.5) is 0 Å². The molecular formula is C18H23NO2. The lowest BCUT2D eigenvalue weighted by molar-refractivity contribution is 0.0642. The highest BCUT2D eigenvalue weighted by molar-refractivity contribution is 6.08. The summed E-state index contributed by atoms with van der Waals surface area (Å²) in [6.45, 7) is 7.93. The Morgan fingerprint density at radius 3 is 2.24 bits per heavy atom. The number of fused-ring (bicyclic) bond motifs is 1. The fourth-order valence-electron chi connectivity index (χ4n) is 2.90. The average molecular weight is 285 g/mol. The monoisotopic (exact) mass is 285 g/mol. The number of carbonyl (C=O) groups excluding carboxylic acids is 1. The molecule has 3 heteroatoms. The van der Waals surface area contributed by atoms with Crippen LogP contribution < -0.4 is 0 Å². The van der Waals surface area contributed by atoms with Crippen molar-refractivity contribution in [3.8, 4) is 0 Å². The van der Waals surface area contributed by atoms with Crippen LogP contribution >= 0.6 is 0 Å². The topological polar surface area (TPSA) is 40.5 Å². The van der Waals surface area contributed by atoms with Gasteiger partial charge in [0.2, 0.25) is 0 Å². The van der Waals surface area contributed by atoms with Gasteiger partial charge in [-0.2, -0.15) is 0 Å². The molecule has 2 aromatic rings. The van der Waals surface area contributed by atoms with Crippen LogP contribution in [0.1, 0.15) is 43.6 Å². The zero-order chi connectivity index (χ0) is 15.6. The van der Waals surface area contributed by atoms with Gasteiger partial charge in [0.05, 0.1) is 12.2 Å². The second kappa shape index (κ2) is 6.27. The summed E-state index contributed by atoms with van der Waals surface area (Å²) in [5.74, 6) is -0.0131. The number of carbonyl (C=O) groups is 1. The first-order chi connectivity index (χ1) is 9.97. The Morgan fingerprint density at radius 2 is 1.67 bits per heavy atom. The minimum Gasteiger partial charge on any atom is -0.392 e. The molecule has 0 radical (unpaired) electrons. The smallest absolute Gasteiger partial charge is 0.255 e.